The fraction of sp³-hybridized carbons (Fsp3) is 0.900. The second-order valence-electron chi connectivity index (χ2n) is 3.81. The molecular weight excluding hydrogens is 150 g/mol. The van der Waals surface area contributed by atoms with Gasteiger partial charge in [0.1, 0.15) is 0 Å². The predicted octanol–water partition coefficient (Wildman–Crippen LogP) is 2.04. The Bertz CT molecular complexity index is 150. The summed E-state index contributed by atoms with van der Waals surface area (Å²) in [4.78, 5) is 13.5. The molecule has 1 saturated heterocycles. The third kappa shape index (κ3) is 2.50. The van der Waals surface area contributed by atoms with E-state index >= 15 is 0 Å². The van der Waals surface area contributed by atoms with Gasteiger partial charge in [-0.05, 0) is 18.8 Å². The van der Waals surface area contributed by atoms with Crippen molar-refractivity contribution in [3.8, 4) is 0 Å². The molecule has 2 heteroatoms. The van der Waals surface area contributed by atoms with Crippen molar-refractivity contribution in [3.63, 3.8) is 0 Å². The molecule has 12 heavy (non-hydrogen) atoms. The zero-order chi connectivity index (χ0) is 8.97. The van der Waals surface area contributed by atoms with Gasteiger partial charge >= 0.3 is 0 Å². The molecule has 0 unspecified atom stereocenters. The second-order valence-corrected chi connectivity index (χ2v) is 3.81. The molecule has 1 aliphatic rings. The molecule has 0 N–H and O–H groups in total. The first-order chi connectivity index (χ1) is 5.74. The van der Waals surface area contributed by atoms with Crippen molar-refractivity contribution in [2.24, 2.45) is 5.92 Å². The van der Waals surface area contributed by atoms with E-state index in [0.717, 1.165) is 25.9 Å². The second kappa shape index (κ2) is 4.48. The molecule has 1 atom stereocenters. The monoisotopic (exact) mass is 169 g/mol. The number of rotatable bonds is 3. The summed E-state index contributed by atoms with van der Waals surface area (Å²) < 4.78 is 0. The minimum Gasteiger partial charge on any atom is -0.343 e. The van der Waals surface area contributed by atoms with Crippen LogP contribution >= 0.6 is 0 Å². The largest absolute Gasteiger partial charge is 0.343 e. The summed E-state index contributed by atoms with van der Waals surface area (Å²) >= 11 is 0. The first kappa shape index (κ1) is 9.56. The predicted molar refractivity (Wildman–Crippen MR) is 49.9 cm³/mol. The van der Waals surface area contributed by atoms with Gasteiger partial charge in [-0.25, -0.2) is 0 Å². The lowest BCUT2D eigenvalue weighted by Crippen LogP contribution is -2.28. The van der Waals surface area contributed by atoms with E-state index in [4.69, 9.17) is 0 Å². The van der Waals surface area contributed by atoms with E-state index in [1.165, 1.54) is 12.8 Å². The van der Waals surface area contributed by atoms with E-state index < -0.39 is 0 Å². The molecule has 0 radical (unpaired) electrons. The van der Waals surface area contributed by atoms with Crippen molar-refractivity contribution in [1.82, 2.24) is 4.90 Å². The topological polar surface area (TPSA) is 20.3 Å². The highest BCUT2D eigenvalue weighted by atomic mass is 16.2. The third-order valence-corrected chi connectivity index (χ3v) is 2.68. The van der Waals surface area contributed by atoms with Gasteiger partial charge in [0.2, 0.25) is 5.91 Å². The lowest BCUT2D eigenvalue weighted by molar-refractivity contribution is -0.131. The fourth-order valence-electron chi connectivity index (χ4n) is 1.54. The Labute approximate surface area is 74.9 Å². The summed E-state index contributed by atoms with van der Waals surface area (Å²) in [6, 6.07) is 0. The number of hydrogen-bond donors (Lipinski definition) is 0. The lowest BCUT2D eigenvalue weighted by atomic mass is 10.0. The Morgan fingerprint density at radius 1 is 1.42 bits per heavy atom. The Hall–Kier alpha value is -0.530. The highest BCUT2D eigenvalue weighted by Gasteiger charge is 2.18. The van der Waals surface area contributed by atoms with Crippen molar-refractivity contribution < 1.29 is 4.79 Å². The van der Waals surface area contributed by atoms with Crippen LogP contribution in [0.1, 0.15) is 39.5 Å². The minimum atomic E-state index is 0.363. The highest BCUT2D eigenvalue weighted by molar-refractivity contribution is 5.76. The van der Waals surface area contributed by atoms with E-state index in [1.54, 1.807) is 0 Å². The van der Waals surface area contributed by atoms with Crippen LogP contribution in [-0.2, 0) is 4.79 Å². The first-order valence-electron chi connectivity index (χ1n) is 5.01. The molecule has 0 aromatic carbocycles. The first-order valence-corrected chi connectivity index (χ1v) is 5.01. The molecule has 0 aliphatic carbocycles. The summed E-state index contributed by atoms with van der Waals surface area (Å²) in [6.07, 6.45) is 4.26. The fourth-order valence-corrected chi connectivity index (χ4v) is 1.54. The van der Waals surface area contributed by atoms with E-state index in [1.807, 2.05) is 4.90 Å². The number of carbonyl (C=O) groups is 1. The van der Waals surface area contributed by atoms with Gasteiger partial charge in [0.15, 0.2) is 0 Å². The number of amides is 1. The molecule has 0 saturated carbocycles. The van der Waals surface area contributed by atoms with Crippen LogP contribution in [-0.4, -0.2) is 23.9 Å². The van der Waals surface area contributed by atoms with Gasteiger partial charge in [0.05, 0.1) is 0 Å². The van der Waals surface area contributed by atoms with Crippen molar-refractivity contribution >= 4 is 5.91 Å². The molecule has 1 fully saturated rings. The van der Waals surface area contributed by atoms with Crippen LogP contribution < -0.4 is 0 Å². The number of likely N-dealkylation sites (tertiary alicyclic amines) is 1. The van der Waals surface area contributed by atoms with Crippen molar-refractivity contribution in [3.05, 3.63) is 0 Å². The average molecular weight is 169 g/mol. The maximum Gasteiger partial charge on any atom is 0.222 e. The van der Waals surface area contributed by atoms with Gasteiger partial charge in [0.25, 0.3) is 0 Å². The standard InChI is InChI=1S/C10H19NO/c1-3-9(2)8-10(12)11-6-4-5-7-11/h9H,3-8H2,1-2H3/t9-/m0/s1. The van der Waals surface area contributed by atoms with E-state index in [0.29, 0.717) is 11.8 Å². The van der Waals surface area contributed by atoms with Gasteiger partial charge in [-0.15, -0.1) is 0 Å². The molecular formula is C10H19NO. The number of carbonyl (C=O) groups excluding carboxylic acids is 1. The zero-order valence-corrected chi connectivity index (χ0v) is 8.18. The molecule has 1 aliphatic heterocycles. The van der Waals surface area contributed by atoms with Gasteiger partial charge in [-0.2, -0.15) is 0 Å². The molecule has 2 nitrogen and oxygen atoms in total. The van der Waals surface area contributed by atoms with Crippen LogP contribution in [0.5, 0.6) is 0 Å². The van der Waals surface area contributed by atoms with Crippen LogP contribution in [0.4, 0.5) is 0 Å². The molecule has 0 aromatic rings. The van der Waals surface area contributed by atoms with Gasteiger partial charge in [-0.3, -0.25) is 4.79 Å². The van der Waals surface area contributed by atoms with E-state index in [9.17, 15) is 4.79 Å². The molecule has 0 bridgehead atoms. The average Bonchev–Trinajstić information content (AvgIpc) is 2.56. The van der Waals surface area contributed by atoms with Gasteiger partial charge < -0.3 is 4.90 Å². The Kier molecular flexibility index (Phi) is 3.57. The number of hydrogen-bond acceptors (Lipinski definition) is 1. The summed E-state index contributed by atoms with van der Waals surface area (Å²) in [5.41, 5.74) is 0. The maximum absolute atomic E-state index is 11.5. The van der Waals surface area contributed by atoms with Crippen LogP contribution in [0.15, 0.2) is 0 Å². The lowest BCUT2D eigenvalue weighted by Gasteiger charge is -2.17. The van der Waals surface area contributed by atoms with Gasteiger partial charge in [0, 0.05) is 19.5 Å². The van der Waals surface area contributed by atoms with E-state index in [2.05, 4.69) is 13.8 Å². The van der Waals surface area contributed by atoms with Crippen LogP contribution in [0, 0.1) is 5.92 Å². The SMILES string of the molecule is CC[C@H](C)CC(=O)N1CCCC1. The Morgan fingerprint density at radius 2 is 2.00 bits per heavy atom. The van der Waals surface area contributed by atoms with Crippen LogP contribution in [0.3, 0.4) is 0 Å². The van der Waals surface area contributed by atoms with Crippen LogP contribution in [0.25, 0.3) is 0 Å². The smallest absolute Gasteiger partial charge is 0.222 e. The Morgan fingerprint density at radius 3 is 2.50 bits per heavy atom. The highest BCUT2D eigenvalue weighted by Crippen LogP contribution is 2.13. The summed E-state index contributed by atoms with van der Waals surface area (Å²) in [5.74, 6) is 0.917. The Balaban J connectivity index is 2.27. The summed E-state index contributed by atoms with van der Waals surface area (Å²) in [6.45, 7) is 6.28. The van der Waals surface area contributed by atoms with Gasteiger partial charge in [-0.1, -0.05) is 20.3 Å². The molecule has 0 spiro atoms. The maximum atomic E-state index is 11.5. The molecule has 0 aromatic heterocycles. The normalized spacial score (nSPS) is 19.7. The summed E-state index contributed by atoms with van der Waals surface area (Å²) in [7, 11) is 0. The van der Waals surface area contributed by atoms with Crippen LogP contribution in [0.2, 0.25) is 0 Å². The third-order valence-electron chi connectivity index (χ3n) is 2.68. The molecule has 1 rings (SSSR count). The molecule has 1 heterocycles. The number of nitrogens with zero attached hydrogens (tertiary/aromatic N) is 1. The van der Waals surface area contributed by atoms with Crippen molar-refractivity contribution in [2.75, 3.05) is 13.1 Å². The van der Waals surface area contributed by atoms with Crippen molar-refractivity contribution in [2.45, 2.75) is 39.5 Å². The van der Waals surface area contributed by atoms with E-state index in [-0.39, 0.29) is 0 Å². The van der Waals surface area contributed by atoms with Crippen molar-refractivity contribution in [1.29, 1.82) is 0 Å². The quantitative estimate of drug-likeness (QED) is 0.633. The molecule has 70 valence electrons. The minimum absolute atomic E-state index is 0.363. The molecule has 1 amide bonds. The zero-order valence-electron chi connectivity index (χ0n) is 8.18. The summed E-state index contributed by atoms with van der Waals surface area (Å²) in [5, 5.41) is 0.